The van der Waals surface area contributed by atoms with E-state index in [2.05, 4.69) is 21.7 Å². The predicted molar refractivity (Wildman–Crippen MR) is 119 cm³/mol. The summed E-state index contributed by atoms with van der Waals surface area (Å²) in [6.45, 7) is 8.63. The summed E-state index contributed by atoms with van der Waals surface area (Å²) >= 11 is 0. The molecule has 8 heteroatoms. The van der Waals surface area contributed by atoms with Gasteiger partial charge in [-0.05, 0) is 45.0 Å². The highest BCUT2D eigenvalue weighted by Crippen LogP contribution is 2.39. The van der Waals surface area contributed by atoms with E-state index in [9.17, 15) is 14.3 Å². The molecular weight excluding hydrogens is 411 g/mol. The number of nitrogens with zero attached hydrogens (tertiary/aromatic N) is 4. The molecule has 1 atom stereocenters. The van der Waals surface area contributed by atoms with E-state index in [1.165, 1.54) is 12.1 Å². The number of benzene rings is 1. The van der Waals surface area contributed by atoms with Gasteiger partial charge in [0, 0.05) is 36.2 Å². The van der Waals surface area contributed by atoms with Crippen LogP contribution < -0.4 is 0 Å². The summed E-state index contributed by atoms with van der Waals surface area (Å²) in [6, 6.07) is 6.24. The summed E-state index contributed by atoms with van der Waals surface area (Å²) in [7, 11) is 0. The van der Waals surface area contributed by atoms with Gasteiger partial charge >= 0.3 is 5.97 Å². The van der Waals surface area contributed by atoms with E-state index >= 15 is 0 Å². The highest BCUT2D eigenvalue weighted by Gasteiger charge is 2.45. The van der Waals surface area contributed by atoms with Crippen LogP contribution in [0, 0.1) is 18.2 Å². The number of likely N-dealkylation sites (tertiary alicyclic amines) is 1. The van der Waals surface area contributed by atoms with Crippen LogP contribution in [0.3, 0.4) is 0 Å². The Morgan fingerprint density at radius 3 is 2.88 bits per heavy atom. The molecule has 0 amide bonds. The molecule has 0 aliphatic carbocycles. The molecule has 2 aliphatic rings. The molecule has 0 radical (unpaired) electrons. The fourth-order valence-electron chi connectivity index (χ4n) is 4.64. The monoisotopic (exact) mass is 440 g/mol. The summed E-state index contributed by atoms with van der Waals surface area (Å²) in [6.07, 6.45) is 5.39. The first-order valence-electron chi connectivity index (χ1n) is 11.0. The molecule has 1 fully saturated rings. The van der Waals surface area contributed by atoms with E-state index in [0.29, 0.717) is 56.6 Å². The predicted octanol–water partition coefficient (Wildman–Crippen LogP) is 3.77. The minimum absolute atomic E-state index is 0.310. The van der Waals surface area contributed by atoms with Gasteiger partial charge in [0.25, 0.3) is 0 Å². The van der Waals surface area contributed by atoms with Gasteiger partial charge in [-0.25, -0.2) is 4.39 Å². The third-order valence-electron chi connectivity index (χ3n) is 6.68. The zero-order valence-corrected chi connectivity index (χ0v) is 18.3. The van der Waals surface area contributed by atoms with Gasteiger partial charge in [0.05, 0.1) is 23.9 Å². The van der Waals surface area contributed by atoms with Gasteiger partial charge in [-0.15, -0.1) is 6.58 Å². The summed E-state index contributed by atoms with van der Waals surface area (Å²) in [4.78, 5) is 20.1. The third-order valence-corrected chi connectivity index (χ3v) is 6.68. The zero-order valence-electron chi connectivity index (χ0n) is 18.3. The summed E-state index contributed by atoms with van der Waals surface area (Å²) < 4.78 is 15.4. The maximum absolute atomic E-state index is 13.5. The number of piperidine rings is 1. The van der Waals surface area contributed by atoms with Crippen molar-refractivity contribution in [1.29, 1.82) is 0 Å². The van der Waals surface area contributed by atoms with Crippen molar-refractivity contribution >= 4 is 11.7 Å². The van der Waals surface area contributed by atoms with E-state index in [-0.39, 0.29) is 11.9 Å². The number of carboxylic acids is 1. The third kappa shape index (κ3) is 4.60. The second-order valence-electron chi connectivity index (χ2n) is 8.77. The molecule has 1 N–H and O–H groups in total. The minimum Gasteiger partial charge on any atom is -0.481 e. The number of carboxylic acid groups (broad SMARTS) is 1. The van der Waals surface area contributed by atoms with Crippen LogP contribution in [0.15, 0.2) is 48.3 Å². The number of allylic oxidation sites excluding steroid dienone is 1. The minimum atomic E-state index is -0.837. The van der Waals surface area contributed by atoms with Crippen molar-refractivity contribution in [2.75, 3.05) is 13.1 Å². The number of aliphatic carboxylic acids is 1. The molecule has 170 valence electrons. The highest BCUT2D eigenvalue weighted by molar-refractivity contribution is 6.01. The van der Waals surface area contributed by atoms with Crippen molar-refractivity contribution in [3.63, 3.8) is 0 Å². The average molecular weight is 441 g/mol. The van der Waals surface area contributed by atoms with Crippen LogP contribution in [-0.2, 0) is 22.7 Å². The molecule has 0 unspecified atom stereocenters. The van der Waals surface area contributed by atoms with Gasteiger partial charge in [0.1, 0.15) is 11.9 Å². The number of hydrogen-bond acceptors (Lipinski definition) is 5. The van der Waals surface area contributed by atoms with Crippen molar-refractivity contribution in [3.8, 4) is 0 Å². The number of rotatable bonds is 8. The lowest BCUT2D eigenvalue weighted by Crippen LogP contribution is -2.45. The van der Waals surface area contributed by atoms with Crippen LogP contribution in [0.4, 0.5) is 4.39 Å². The van der Waals surface area contributed by atoms with Crippen molar-refractivity contribution in [2.45, 2.75) is 51.8 Å². The van der Waals surface area contributed by atoms with Crippen LogP contribution in [0.1, 0.15) is 42.5 Å². The number of oxime groups is 1. The lowest BCUT2D eigenvalue weighted by molar-refractivity contribution is -0.155. The summed E-state index contributed by atoms with van der Waals surface area (Å²) in [5.41, 5.74) is 2.78. The molecule has 0 spiro atoms. The summed E-state index contributed by atoms with van der Waals surface area (Å²) in [5.74, 6) is -1.11. The van der Waals surface area contributed by atoms with Crippen LogP contribution in [0.5, 0.6) is 0 Å². The first-order chi connectivity index (χ1) is 15.4. The lowest BCUT2D eigenvalue weighted by atomic mass is 9.73. The first kappa shape index (κ1) is 22.2. The van der Waals surface area contributed by atoms with Gasteiger partial charge in [-0.2, -0.15) is 5.10 Å². The molecule has 1 aromatic heterocycles. The van der Waals surface area contributed by atoms with Crippen molar-refractivity contribution in [3.05, 3.63) is 65.8 Å². The Hall–Kier alpha value is -3.00. The SMILES string of the molecule is C=CCn1ncc(CN2CCC(C[C@H]3CC(c4cccc(F)c4)=NO3)(C(=O)O)CC2)c1C. The maximum Gasteiger partial charge on any atom is 0.309 e. The van der Waals surface area contributed by atoms with Gasteiger partial charge in [0.15, 0.2) is 0 Å². The van der Waals surface area contributed by atoms with Crippen molar-refractivity contribution in [2.24, 2.45) is 10.6 Å². The van der Waals surface area contributed by atoms with Crippen LogP contribution in [-0.4, -0.2) is 50.7 Å². The van der Waals surface area contributed by atoms with Gasteiger partial charge in [-0.1, -0.05) is 23.4 Å². The Morgan fingerprint density at radius 1 is 1.41 bits per heavy atom. The quantitative estimate of drug-likeness (QED) is 0.632. The van der Waals surface area contributed by atoms with Crippen molar-refractivity contribution < 1.29 is 19.1 Å². The van der Waals surface area contributed by atoms with Crippen molar-refractivity contribution in [1.82, 2.24) is 14.7 Å². The first-order valence-corrected chi connectivity index (χ1v) is 11.0. The van der Waals surface area contributed by atoms with E-state index in [1.807, 2.05) is 23.9 Å². The topological polar surface area (TPSA) is 80.0 Å². The molecule has 0 bridgehead atoms. The van der Waals surface area contributed by atoms with E-state index < -0.39 is 11.4 Å². The lowest BCUT2D eigenvalue weighted by Gasteiger charge is -2.39. The van der Waals surface area contributed by atoms with Crippen LogP contribution in [0.25, 0.3) is 0 Å². The number of hydrogen-bond donors (Lipinski definition) is 1. The molecule has 4 rings (SSSR count). The molecule has 7 nitrogen and oxygen atoms in total. The number of carbonyl (C=O) groups is 1. The molecular formula is C24H29FN4O3. The Bertz CT molecular complexity index is 1020. The second-order valence-corrected chi connectivity index (χ2v) is 8.77. The molecule has 2 aromatic rings. The molecule has 1 aromatic carbocycles. The molecule has 32 heavy (non-hydrogen) atoms. The largest absolute Gasteiger partial charge is 0.481 e. The highest BCUT2D eigenvalue weighted by atomic mass is 19.1. The van der Waals surface area contributed by atoms with Gasteiger partial charge < -0.3 is 9.94 Å². The molecule has 0 saturated carbocycles. The smallest absolute Gasteiger partial charge is 0.309 e. The van der Waals surface area contributed by atoms with E-state index in [0.717, 1.165) is 17.8 Å². The Balaban J connectivity index is 1.36. The van der Waals surface area contributed by atoms with Gasteiger partial charge in [-0.3, -0.25) is 14.4 Å². The Kier molecular flexibility index (Phi) is 6.41. The fourth-order valence-corrected chi connectivity index (χ4v) is 4.64. The molecule has 1 saturated heterocycles. The fraction of sp³-hybridized carbons (Fsp3) is 0.458. The van der Waals surface area contributed by atoms with Gasteiger partial charge in [0.2, 0.25) is 0 Å². The standard InChI is InChI=1S/C24H29FN4O3/c1-3-9-29-17(2)19(15-26-29)16-28-10-7-24(8-11-28,23(30)31)14-21-13-22(27-32-21)18-5-4-6-20(25)12-18/h3-6,12,15,21H,1,7-11,13-14,16H2,2H3,(H,30,31)/t21-/m1/s1. The second kappa shape index (κ2) is 9.24. The maximum atomic E-state index is 13.5. The normalized spacial score (nSPS) is 20.6. The van der Waals surface area contributed by atoms with Crippen LogP contribution >= 0.6 is 0 Å². The number of aromatic nitrogens is 2. The summed E-state index contributed by atoms with van der Waals surface area (Å²) in [5, 5.41) is 18.6. The van der Waals surface area contributed by atoms with E-state index in [1.54, 1.807) is 12.1 Å². The Labute approximate surface area is 187 Å². The number of halogens is 1. The average Bonchev–Trinajstić information content (AvgIpc) is 3.37. The molecule has 3 heterocycles. The van der Waals surface area contributed by atoms with Crippen LogP contribution in [0.2, 0.25) is 0 Å². The molecule has 2 aliphatic heterocycles. The Morgan fingerprint density at radius 2 is 2.19 bits per heavy atom. The zero-order chi connectivity index (χ0) is 22.7. The van der Waals surface area contributed by atoms with E-state index in [4.69, 9.17) is 4.84 Å².